The fourth-order valence-electron chi connectivity index (χ4n) is 1.63. The van der Waals surface area contributed by atoms with Crippen LogP contribution >= 0.6 is 0 Å². The van der Waals surface area contributed by atoms with Gasteiger partial charge in [-0.2, -0.15) is 0 Å². The lowest BCUT2D eigenvalue weighted by Gasteiger charge is -2.00. The van der Waals surface area contributed by atoms with E-state index in [0.29, 0.717) is 5.69 Å². The maximum absolute atomic E-state index is 11.8. The number of carbonyl (C=O) groups excluding carboxylic acids is 1. The van der Waals surface area contributed by atoms with Gasteiger partial charge in [0, 0.05) is 5.56 Å². The van der Waals surface area contributed by atoms with Crippen molar-refractivity contribution in [2.45, 2.75) is 0 Å². The van der Waals surface area contributed by atoms with Crippen molar-refractivity contribution in [1.29, 1.82) is 0 Å². The van der Waals surface area contributed by atoms with Gasteiger partial charge >= 0.3 is 0 Å². The lowest BCUT2D eigenvalue weighted by molar-refractivity contribution is 0.0995. The molecule has 0 fully saturated rings. The van der Waals surface area contributed by atoms with Crippen molar-refractivity contribution in [2.24, 2.45) is 0 Å². The number of hydrogen-bond acceptors (Lipinski definition) is 5. The van der Waals surface area contributed by atoms with Gasteiger partial charge in [-0.3, -0.25) is 10.1 Å². The summed E-state index contributed by atoms with van der Waals surface area (Å²) in [5, 5.41) is 10.1. The number of carbonyl (C=O) groups is 1. The molecule has 6 nitrogen and oxygen atoms in total. The molecule has 0 unspecified atom stereocenters. The number of hydrogen-bond donors (Lipinski definition) is 1. The van der Waals surface area contributed by atoms with E-state index >= 15 is 0 Å². The second-order valence-corrected chi connectivity index (χ2v) is 3.76. The number of amides is 1. The fourth-order valence-corrected chi connectivity index (χ4v) is 1.63. The predicted octanol–water partition coefficient (Wildman–Crippen LogP) is 2.58. The number of anilines is 1. The first-order chi connectivity index (χ1) is 9.34. The first-order valence-corrected chi connectivity index (χ1v) is 5.57. The highest BCUT2D eigenvalue weighted by atomic mass is 16.6. The molecule has 0 saturated heterocycles. The molecule has 1 aromatic carbocycles. The van der Waals surface area contributed by atoms with Crippen LogP contribution in [0.4, 0.5) is 5.82 Å². The maximum Gasteiger partial charge on any atom is 0.292 e. The normalized spacial score (nSPS) is 10.3. The first kappa shape index (κ1) is 11.2. The van der Waals surface area contributed by atoms with Crippen LogP contribution in [0.3, 0.4) is 0 Å². The maximum atomic E-state index is 11.8. The Labute approximate surface area is 108 Å². The third-order valence-corrected chi connectivity index (χ3v) is 2.51. The second kappa shape index (κ2) is 4.77. The standard InChI is InChI=1S/C13H9N3O3/c17-13(10-7-4-8-18-10)14-12-11(15-19-16-12)9-5-2-1-3-6-9/h1-8H,(H,14,16,17). The third-order valence-electron chi connectivity index (χ3n) is 2.51. The molecule has 0 radical (unpaired) electrons. The monoisotopic (exact) mass is 255 g/mol. The van der Waals surface area contributed by atoms with Crippen molar-refractivity contribution >= 4 is 11.7 Å². The van der Waals surface area contributed by atoms with E-state index in [1.165, 1.54) is 6.26 Å². The Bertz CT molecular complexity index is 674. The summed E-state index contributed by atoms with van der Waals surface area (Å²) in [6, 6.07) is 12.5. The number of rotatable bonds is 3. The molecule has 0 aliphatic rings. The quantitative estimate of drug-likeness (QED) is 0.777. The largest absolute Gasteiger partial charge is 0.459 e. The zero-order valence-electron chi connectivity index (χ0n) is 9.74. The van der Waals surface area contributed by atoms with Gasteiger partial charge in [0.1, 0.15) is 0 Å². The number of benzene rings is 1. The summed E-state index contributed by atoms with van der Waals surface area (Å²) in [5.41, 5.74) is 1.28. The van der Waals surface area contributed by atoms with Gasteiger partial charge in [-0.15, -0.1) is 0 Å². The van der Waals surface area contributed by atoms with Gasteiger partial charge in [0.2, 0.25) is 5.82 Å². The first-order valence-electron chi connectivity index (χ1n) is 5.57. The van der Waals surface area contributed by atoms with Crippen LogP contribution in [0.5, 0.6) is 0 Å². The lowest BCUT2D eigenvalue weighted by atomic mass is 10.1. The fraction of sp³-hybridized carbons (Fsp3) is 0. The topological polar surface area (TPSA) is 81.2 Å². The Balaban J connectivity index is 1.87. The highest BCUT2D eigenvalue weighted by Gasteiger charge is 2.16. The van der Waals surface area contributed by atoms with Crippen LogP contribution in [0.25, 0.3) is 11.3 Å². The highest BCUT2D eigenvalue weighted by molar-refractivity contribution is 6.03. The zero-order valence-corrected chi connectivity index (χ0v) is 9.74. The van der Waals surface area contributed by atoms with Gasteiger partial charge in [-0.25, -0.2) is 4.63 Å². The Kier molecular flexibility index (Phi) is 2.82. The number of nitrogens with zero attached hydrogens (tertiary/aromatic N) is 2. The van der Waals surface area contributed by atoms with E-state index in [-0.39, 0.29) is 11.6 Å². The van der Waals surface area contributed by atoms with Crippen LogP contribution in [-0.2, 0) is 0 Å². The summed E-state index contributed by atoms with van der Waals surface area (Å²) >= 11 is 0. The van der Waals surface area contributed by atoms with Crippen molar-refractivity contribution < 1.29 is 13.8 Å². The summed E-state index contributed by atoms with van der Waals surface area (Å²) in [6.45, 7) is 0. The minimum atomic E-state index is -0.405. The Morgan fingerprint density at radius 3 is 2.63 bits per heavy atom. The van der Waals surface area contributed by atoms with Gasteiger partial charge < -0.3 is 4.42 Å². The molecule has 0 atom stereocenters. The molecule has 94 valence electrons. The summed E-state index contributed by atoms with van der Waals surface area (Å²) in [6.07, 6.45) is 1.42. The minimum Gasteiger partial charge on any atom is -0.459 e. The van der Waals surface area contributed by atoms with E-state index in [1.54, 1.807) is 12.1 Å². The third kappa shape index (κ3) is 2.23. The van der Waals surface area contributed by atoms with Crippen LogP contribution in [0, 0.1) is 0 Å². The van der Waals surface area contributed by atoms with Crippen LogP contribution < -0.4 is 5.32 Å². The van der Waals surface area contributed by atoms with Crippen molar-refractivity contribution in [3.63, 3.8) is 0 Å². The van der Waals surface area contributed by atoms with Crippen molar-refractivity contribution in [2.75, 3.05) is 5.32 Å². The van der Waals surface area contributed by atoms with Gasteiger partial charge in [0.05, 0.1) is 6.26 Å². The van der Waals surface area contributed by atoms with E-state index in [4.69, 9.17) is 4.42 Å². The van der Waals surface area contributed by atoms with E-state index in [2.05, 4.69) is 20.3 Å². The van der Waals surface area contributed by atoms with E-state index in [0.717, 1.165) is 5.56 Å². The molecular weight excluding hydrogens is 246 g/mol. The summed E-state index contributed by atoms with van der Waals surface area (Å²) in [5.74, 6) is 0.0486. The van der Waals surface area contributed by atoms with E-state index < -0.39 is 5.91 Å². The zero-order chi connectivity index (χ0) is 13.1. The van der Waals surface area contributed by atoms with Crippen molar-refractivity contribution in [3.05, 3.63) is 54.5 Å². The molecule has 2 aromatic heterocycles. The molecule has 3 rings (SSSR count). The molecule has 1 N–H and O–H groups in total. The Morgan fingerprint density at radius 1 is 1.05 bits per heavy atom. The van der Waals surface area contributed by atoms with Crippen LogP contribution in [0.15, 0.2) is 57.8 Å². The SMILES string of the molecule is O=C(Nc1nonc1-c1ccccc1)c1ccco1. The Hall–Kier alpha value is -2.89. The summed E-state index contributed by atoms with van der Waals surface area (Å²) in [4.78, 5) is 11.8. The molecule has 0 aliphatic heterocycles. The molecule has 2 heterocycles. The molecule has 3 aromatic rings. The van der Waals surface area contributed by atoms with Gasteiger partial charge in [0.15, 0.2) is 11.5 Å². The molecule has 0 bridgehead atoms. The molecule has 1 amide bonds. The number of nitrogens with one attached hydrogen (secondary N) is 1. The summed E-state index contributed by atoms with van der Waals surface area (Å²) < 4.78 is 9.67. The smallest absolute Gasteiger partial charge is 0.292 e. The summed E-state index contributed by atoms with van der Waals surface area (Å²) in [7, 11) is 0. The average Bonchev–Trinajstić information content (AvgIpc) is 3.11. The van der Waals surface area contributed by atoms with Crippen LogP contribution in [0.2, 0.25) is 0 Å². The molecule has 19 heavy (non-hydrogen) atoms. The van der Waals surface area contributed by atoms with Gasteiger partial charge in [-0.1, -0.05) is 30.3 Å². The number of aromatic nitrogens is 2. The molecule has 0 spiro atoms. The van der Waals surface area contributed by atoms with Crippen LogP contribution in [-0.4, -0.2) is 16.2 Å². The van der Waals surface area contributed by atoms with Crippen LogP contribution in [0.1, 0.15) is 10.6 Å². The average molecular weight is 255 g/mol. The van der Waals surface area contributed by atoms with Gasteiger partial charge in [0.25, 0.3) is 5.91 Å². The molecule has 0 aliphatic carbocycles. The van der Waals surface area contributed by atoms with Gasteiger partial charge in [-0.05, 0) is 22.4 Å². The predicted molar refractivity (Wildman–Crippen MR) is 66.4 cm³/mol. The van der Waals surface area contributed by atoms with Crippen molar-refractivity contribution in [3.8, 4) is 11.3 Å². The Morgan fingerprint density at radius 2 is 1.89 bits per heavy atom. The minimum absolute atomic E-state index is 0.196. The lowest BCUT2D eigenvalue weighted by Crippen LogP contribution is -2.11. The van der Waals surface area contributed by atoms with Crippen molar-refractivity contribution in [1.82, 2.24) is 10.3 Å². The molecular formula is C13H9N3O3. The van der Waals surface area contributed by atoms with E-state index in [1.807, 2.05) is 30.3 Å². The molecule has 0 saturated carbocycles. The second-order valence-electron chi connectivity index (χ2n) is 3.76. The number of furan rings is 1. The highest BCUT2D eigenvalue weighted by Crippen LogP contribution is 2.24. The van der Waals surface area contributed by atoms with E-state index in [9.17, 15) is 4.79 Å². The molecule has 6 heteroatoms.